The van der Waals surface area contributed by atoms with Gasteiger partial charge in [0.1, 0.15) is 0 Å². The van der Waals surface area contributed by atoms with Crippen LogP contribution in [0.25, 0.3) is 0 Å². The molecule has 1 heterocycles. The molecule has 0 spiro atoms. The highest BCUT2D eigenvalue weighted by atomic mass is 15.1. The van der Waals surface area contributed by atoms with Crippen molar-refractivity contribution < 1.29 is 0 Å². The summed E-state index contributed by atoms with van der Waals surface area (Å²) in [6.07, 6.45) is 4.30. The Morgan fingerprint density at radius 2 is 2.12 bits per heavy atom. The molecular weight excluding hydrogens is 194 g/mol. The Morgan fingerprint density at radius 3 is 2.69 bits per heavy atom. The number of rotatable bonds is 3. The molecule has 0 radical (unpaired) electrons. The van der Waals surface area contributed by atoms with Gasteiger partial charge in [-0.25, -0.2) is 0 Å². The molecule has 1 aromatic rings. The van der Waals surface area contributed by atoms with Gasteiger partial charge < -0.3 is 0 Å². The highest BCUT2D eigenvalue weighted by molar-refractivity contribution is 5.21. The van der Waals surface area contributed by atoms with Gasteiger partial charge in [-0.2, -0.15) is 0 Å². The van der Waals surface area contributed by atoms with Gasteiger partial charge >= 0.3 is 0 Å². The van der Waals surface area contributed by atoms with E-state index in [4.69, 9.17) is 0 Å². The minimum absolute atomic E-state index is 0.550. The molecule has 1 aliphatic rings. The lowest BCUT2D eigenvalue weighted by molar-refractivity contribution is 0.327. The van der Waals surface area contributed by atoms with Crippen LogP contribution >= 0.6 is 0 Å². The Kier molecular flexibility index (Phi) is 3.58. The zero-order valence-corrected chi connectivity index (χ0v) is 9.89. The maximum atomic E-state index is 3.91. The summed E-state index contributed by atoms with van der Waals surface area (Å²) in [7, 11) is 0. The van der Waals surface area contributed by atoms with Gasteiger partial charge in [0, 0.05) is 25.6 Å². The molecule has 16 heavy (non-hydrogen) atoms. The van der Waals surface area contributed by atoms with E-state index >= 15 is 0 Å². The second kappa shape index (κ2) is 5.13. The van der Waals surface area contributed by atoms with Crippen LogP contribution in [0, 0.1) is 5.92 Å². The first-order valence-corrected chi connectivity index (χ1v) is 5.87. The van der Waals surface area contributed by atoms with Crippen LogP contribution in [0.1, 0.15) is 12.5 Å². The van der Waals surface area contributed by atoms with Gasteiger partial charge in [0.05, 0.1) is 0 Å². The fraction of sp³-hybridized carbons (Fsp3) is 0.333. The highest BCUT2D eigenvalue weighted by Gasteiger charge is 2.23. The number of nitrogens with zero attached hydrogens (tertiary/aromatic N) is 1. The van der Waals surface area contributed by atoms with E-state index in [-0.39, 0.29) is 0 Å². The van der Waals surface area contributed by atoms with Gasteiger partial charge in [-0.15, -0.1) is 6.58 Å². The molecule has 0 aliphatic carbocycles. The van der Waals surface area contributed by atoms with Crippen LogP contribution < -0.4 is 0 Å². The van der Waals surface area contributed by atoms with Crippen molar-refractivity contribution in [1.29, 1.82) is 0 Å². The van der Waals surface area contributed by atoms with Crippen LogP contribution in [0.2, 0.25) is 0 Å². The first-order valence-electron chi connectivity index (χ1n) is 5.87. The van der Waals surface area contributed by atoms with E-state index in [0.717, 1.165) is 19.6 Å². The van der Waals surface area contributed by atoms with E-state index in [9.17, 15) is 0 Å². The van der Waals surface area contributed by atoms with Crippen LogP contribution in [-0.4, -0.2) is 18.0 Å². The van der Waals surface area contributed by atoms with E-state index in [0.29, 0.717) is 5.92 Å². The minimum Gasteiger partial charge on any atom is -0.294 e. The summed E-state index contributed by atoms with van der Waals surface area (Å²) in [6.45, 7) is 9.28. The van der Waals surface area contributed by atoms with Crippen molar-refractivity contribution in [1.82, 2.24) is 4.90 Å². The topological polar surface area (TPSA) is 3.24 Å². The SMILES string of the molecule is C=CC1CN(Cc2ccccc2)C/C1=C\C. The maximum Gasteiger partial charge on any atom is 0.0237 e. The van der Waals surface area contributed by atoms with Crippen LogP contribution in [0.3, 0.4) is 0 Å². The largest absolute Gasteiger partial charge is 0.294 e. The zero-order chi connectivity index (χ0) is 11.4. The predicted molar refractivity (Wildman–Crippen MR) is 69.2 cm³/mol. The van der Waals surface area contributed by atoms with E-state index < -0.39 is 0 Å². The number of hydrogen-bond acceptors (Lipinski definition) is 1. The number of benzene rings is 1. The number of hydrogen-bond donors (Lipinski definition) is 0. The Balaban J connectivity index is 2.01. The van der Waals surface area contributed by atoms with Crippen LogP contribution in [0.4, 0.5) is 0 Å². The molecule has 1 heteroatoms. The van der Waals surface area contributed by atoms with Crippen molar-refractivity contribution in [2.75, 3.05) is 13.1 Å². The highest BCUT2D eigenvalue weighted by Crippen LogP contribution is 2.24. The van der Waals surface area contributed by atoms with Crippen molar-refractivity contribution in [3.8, 4) is 0 Å². The molecule has 0 saturated carbocycles. The number of allylic oxidation sites excluding steroid dienone is 1. The lowest BCUT2D eigenvalue weighted by atomic mass is 10.0. The molecule has 1 unspecified atom stereocenters. The van der Waals surface area contributed by atoms with Gasteiger partial charge in [-0.3, -0.25) is 4.90 Å². The van der Waals surface area contributed by atoms with Crippen molar-refractivity contribution in [3.63, 3.8) is 0 Å². The van der Waals surface area contributed by atoms with Gasteiger partial charge in [0.15, 0.2) is 0 Å². The summed E-state index contributed by atoms with van der Waals surface area (Å²) in [5.74, 6) is 0.550. The molecule has 1 nitrogen and oxygen atoms in total. The normalized spacial score (nSPS) is 23.8. The van der Waals surface area contributed by atoms with E-state index in [1.54, 1.807) is 0 Å². The third-order valence-corrected chi connectivity index (χ3v) is 3.24. The van der Waals surface area contributed by atoms with Crippen molar-refractivity contribution >= 4 is 0 Å². The fourth-order valence-corrected chi connectivity index (χ4v) is 2.33. The molecule has 0 amide bonds. The van der Waals surface area contributed by atoms with Crippen LogP contribution in [-0.2, 0) is 6.54 Å². The standard InChI is InChI=1S/C15H19N/c1-3-14-11-16(12-15(14)4-2)10-13-8-6-5-7-9-13/h3-9,14H,1,10-12H2,2H3/b15-4+. The summed E-state index contributed by atoms with van der Waals surface area (Å²) in [5.41, 5.74) is 2.90. The van der Waals surface area contributed by atoms with Gasteiger partial charge in [-0.1, -0.05) is 48.1 Å². The third kappa shape index (κ3) is 2.42. The Labute approximate surface area is 98.1 Å². The maximum absolute atomic E-state index is 3.91. The van der Waals surface area contributed by atoms with Gasteiger partial charge in [0.2, 0.25) is 0 Å². The Bertz CT molecular complexity index is 378. The molecule has 1 saturated heterocycles. The molecule has 1 aliphatic heterocycles. The fourth-order valence-electron chi connectivity index (χ4n) is 2.33. The molecule has 0 aromatic heterocycles. The van der Waals surface area contributed by atoms with Gasteiger partial charge in [-0.05, 0) is 12.5 Å². The molecule has 84 valence electrons. The minimum atomic E-state index is 0.550. The Hall–Kier alpha value is -1.34. The molecule has 0 N–H and O–H groups in total. The first-order chi connectivity index (χ1) is 7.83. The van der Waals surface area contributed by atoms with Gasteiger partial charge in [0.25, 0.3) is 0 Å². The van der Waals surface area contributed by atoms with E-state index in [2.05, 4.69) is 60.9 Å². The molecule has 1 aromatic carbocycles. The monoisotopic (exact) mass is 213 g/mol. The summed E-state index contributed by atoms with van der Waals surface area (Å²) in [5, 5.41) is 0. The average molecular weight is 213 g/mol. The first kappa shape index (κ1) is 11.2. The van der Waals surface area contributed by atoms with Crippen LogP contribution in [0.5, 0.6) is 0 Å². The summed E-state index contributed by atoms with van der Waals surface area (Å²) in [6, 6.07) is 10.7. The predicted octanol–water partition coefficient (Wildman–Crippen LogP) is 3.25. The number of likely N-dealkylation sites (tertiary alicyclic amines) is 1. The lowest BCUT2D eigenvalue weighted by Gasteiger charge is -2.14. The van der Waals surface area contributed by atoms with Crippen LogP contribution in [0.15, 0.2) is 54.6 Å². The molecule has 0 bridgehead atoms. The van der Waals surface area contributed by atoms with Crippen molar-refractivity contribution in [2.45, 2.75) is 13.5 Å². The quantitative estimate of drug-likeness (QED) is 0.697. The van der Waals surface area contributed by atoms with Crippen molar-refractivity contribution in [2.24, 2.45) is 5.92 Å². The molecule has 1 fully saturated rings. The third-order valence-electron chi connectivity index (χ3n) is 3.24. The molecular formula is C15H19N. The second-order valence-electron chi connectivity index (χ2n) is 4.36. The smallest absolute Gasteiger partial charge is 0.0237 e. The second-order valence-corrected chi connectivity index (χ2v) is 4.36. The van der Waals surface area contributed by atoms with Crippen molar-refractivity contribution in [3.05, 3.63) is 60.2 Å². The Morgan fingerprint density at radius 1 is 1.38 bits per heavy atom. The zero-order valence-electron chi connectivity index (χ0n) is 9.89. The average Bonchev–Trinajstić information content (AvgIpc) is 2.72. The summed E-state index contributed by atoms with van der Waals surface area (Å²) in [4.78, 5) is 2.48. The lowest BCUT2D eigenvalue weighted by Crippen LogP contribution is -2.19. The van der Waals surface area contributed by atoms with E-state index in [1.807, 2.05) is 0 Å². The van der Waals surface area contributed by atoms with E-state index in [1.165, 1.54) is 11.1 Å². The summed E-state index contributed by atoms with van der Waals surface area (Å²) < 4.78 is 0. The summed E-state index contributed by atoms with van der Waals surface area (Å²) >= 11 is 0. The molecule has 2 rings (SSSR count). The molecule has 1 atom stereocenters.